The average Bonchev–Trinajstić information content (AvgIpc) is 2.94. The summed E-state index contributed by atoms with van der Waals surface area (Å²) in [5.74, 6) is -1.75. The van der Waals surface area contributed by atoms with Crippen LogP contribution >= 0.6 is 0 Å². The van der Waals surface area contributed by atoms with Gasteiger partial charge in [0, 0.05) is 23.1 Å². The fourth-order valence-corrected chi connectivity index (χ4v) is 2.69. The maximum atomic E-state index is 13.1. The highest BCUT2D eigenvalue weighted by Gasteiger charge is 2.19. The van der Waals surface area contributed by atoms with Gasteiger partial charge in [0.15, 0.2) is 6.61 Å². The standard InChI is InChI=1S/C20H24FN3O4/c1-5-12(2)22-20(27)23-18(25)11-28-19(26)17-10-13(3)24(14(17)4)16-8-6-15(21)7-9-16/h6-10,12H,5,11H2,1-4H3,(H2,22,23,25,27)/t12-/m1/s1. The Morgan fingerprint density at radius 3 is 2.43 bits per heavy atom. The lowest BCUT2D eigenvalue weighted by Gasteiger charge is -2.12. The predicted molar refractivity (Wildman–Crippen MR) is 102 cm³/mol. The van der Waals surface area contributed by atoms with E-state index in [2.05, 4.69) is 10.6 Å². The van der Waals surface area contributed by atoms with Gasteiger partial charge in [-0.1, -0.05) is 6.92 Å². The van der Waals surface area contributed by atoms with E-state index in [0.717, 1.165) is 12.1 Å². The molecule has 0 spiro atoms. The molecular formula is C20H24FN3O4. The molecule has 0 bridgehead atoms. The normalized spacial score (nSPS) is 11.6. The molecule has 2 rings (SSSR count). The number of amides is 3. The SMILES string of the molecule is CC[C@@H](C)NC(=O)NC(=O)COC(=O)c1cc(C)n(-c2ccc(F)cc2)c1C. The molecule has 1 aromatic carbocycles. The van der Waals surface area contributed by atoms with Crippen LogP contribution in [0, 0.1) is 19.7 Å². The number of nitrogens with zero attached hydrogens (tertiary/aromatic N) is 1. The molecule has 1 aromatic heterocycles. The van der Waals surface area contributed by atoms with Crippen LogP contribution in [-0.4, -0.2) is 35.1 Å². The van der Waals surface area contributed by atoms with E-state index in [1.165, 1.54) is 12.1 Å². The molecule has 0 radical (unpaired) electrons. The summed E-state index contributed by atoms with van der Waals surface area (Å²) in [7, 11) is 0. The minimum absolute atomic E-state index is 0.0767. The van der Waals surface area contributed by atoms with Crippen LogP contribution in [0.15, 0.2) is 30.3 Å². The summed E-state index contributed by atoms with van der Waals surface area (Å²) in [6.07, 6.45) is 0.722. The summed E-state index contributed by atoms with van der Waals surface area (Å²) in [4.78, 5) is 35.7. The number of urea groups is 1. The highest BCUT2D eigenvalue weighted by molar-refractivity contribution is 5.97. The number of halogens is 1. The van der Waals surface area contributed by atoms with Gasteiger partial charge in [0.25, 0.3) is 5.91 Å². The second kappa shape index (κ2) is 9.16. The first-order valence-corrected chi connectivity index (χ1v) is 8.95. The van der Waals surface area contributed by atoms with Crippen LogP contribution in [0.1, 0.15) is 42.0 Å². The molecule has 2 aromatic rings. The fraction of sp³-hybridized carbons (Fsp3) is 0.350. The number of carbonyl (C=O) groups excluding carboxylic acids is 3. The van der Waals surface area contributed by atoms with Gasteiger partial charge in [-0.15, -0.1) is 0 Å². The molecule has 0 unspecified atom stereocenters. The van der Waals surface area contributed by atoms with Crippen LogP contribution in [-0.2, 0) is 9.53 Å². The van der Waals surface area contributed by atoms with Crippen molar-refractivity contribution in [2.24, 2.45) is 0 Å². The van der Waals surface area contributed by atoms with Gasteiger partial charge in [-0.3, -0.25) is 10.1 Å². The summed E-state index contributed by atoms with van der Waals surface area (Å²) in [5, 5.41) is 4.69. The maximum absolute atomic E-state index is 13.1. The van der Waals surface area contributed by atoms with E-state index >= 15 is 0 Å². The first kappa shape index (κ1) is 21.1. The number of aryl methyl sites for hydroxylation is 1. The van der Waals surface area contributed by atoms with E-state index in [4.69, 9.17) is 4.74 Å². The molecule has 1 heterocycles. The van der Waals surface area contributed by atoms with E-state index in [0.29, 0.717) is 16.9 Å². The molecule has 1 atom stereocenters. The Labute approximate surface area is 162 Å². The number of aromatic nitrogens is 1. The Balaban J connectivity index is 2.01. The maximum Gasteiger partial charge on any atom is 0.340 e. The number of esters is 1. The highest BCUT2D eigenvalue weighted by atomic mass is 19.1. The number of ether oxygens (including phenoxy) is 1. The van der Waals surface area contributed by atoms with Crippen molar-refractivity contribution in [1.82, 2.24) is 15.2 Å². The number of carbonyl (C=O) groups is 3. The molecule has 0 saturated heterocycles. The van der Waals surface area contributed by atoms with Gasteiger partial charge < -0.3 is 14.6 Å². The Kier molecular flexibility index (Phi) is 6.92. The Hall–Kier alpha value is -3.16. The minimum atomic E-state index is -0.721. The predicted octanol–water partition coefficient (Wildman–Crippen LogP) is 3.01. The number of benzene rings is 1. The molecule has 150 valence electrons. The highest BCUT2D eigenvalue weighted by Crippen LogP contribution is 2.21. The topological polar surface area (TPSA) is 89.4 Å². The average molecular weight is 389 g/mol. The largest absolute Gasteiger partial charge is 0.452 e. The lowest BCUT2D eigenvalue weighted by molar-refractivity contribution is -0.123. The zero-order valence-electron chi connectivity index (χ0n) is 16.3. The molecule has 0 aliphatic heterocycles. The molecule has 2 N–H and O–H groups in total. The van der Waals surface area contributed by atoms with Crippen LogP contribution in [0.2, 0.25) is 0 Å². The molecule has 3 amide bonds. The second-order valence-corrected chi connectivity index (χ2v) is 6.50. The zero-order chi connectivity index (χ0) is 20.8. The van der Waals surface area contributed by atoms with Crippen LogP contribution in [0.3, 0.4) is 0 Å². The lowest BCUT2D eigenvalue weighted by Crippen LogP contribution is -2.44. The molecule has 0 fully saturated rings. The van der Waals surface area contributed by atoms with Crippen molar-refractivity contribution in [1.29, 1.82) is 0 Å². The monoisotopic (exact) mass is 389 g/mol. The summed E-state index contributed by atoms with van der Waals surface area (Å²) in [6.45, 7) is 6.66. The van der Waals surface area contributed by atoms with E-state index in [1.807, 2.05) is 6.92 Å². The van der Waals surface area contributed by atoms with Crippen molar-refractivity contribution < 1.29 is 23.5 Å². The quantitative estimate of drug-likeness (QED) is 0.743. The van der Waals surface area contributed by atoms with Gasteiger partial charge in [-0.05, 0) is 57.5 Å². The molecule has 0 aliphatic carbocycles. The van der Waals surface area contributed by atoms with Gasteiger partial charge in [-0.2, -0.15) is 0 Å². The summed E-state index contributed by atoms with van der Waals surface area (Å²) in [5.41, 5.74) is 2.35. The molecule has 7 nitrogen and oxygen atoms in total. The fourth-order valence-electron chi connectivity index (χ4n) is 2.69. The van der Waals surface area contributed by atoms with Crippen molar-refractivity contribution in [3.63, 3.8) is 0 Å². The van der Waals surface area contributed by atoms with Crippen LogP contribution in [0.25, 0.3) is 5.69 Å². The third-order valence-corrected chi connectivity index (χ3v) is 4.31. The van der Waals surface area contributed by atoms with Crippen molar-refractivity contribution in [2.45, 2.75) is 40.2 Å². The molecule has 28 heavy (non-hydrogen) atoms. The number of hydrogen-bond donors (Lipinski definition) is 2. The summed E-state index contributed by atoms with van der Waals surface area (Å²) in [6, 6.07) is 6.80. The minimum Gasteiger partial charge on any atom is -0.452 e. The van der Waals surface area contributed by atoms with Crippen molar-refractivity contribution in [3.8, 4) is 5.69 Å². The van der Waals surface area contributed by atoms with Gasteiger partial charge in [0.2, 0.25) is 0 Å². The molecule has 8 heteroatoms. The van der Waals surface area contributed by atoms with Gasteiger partial charge >= 0.3 is 12.0 Å². The summed E-state index contributed by atoms with van der Waals surface area (Å²) < 4.78 is 20.0. The molecule has 0 saturated carbocycles. The van der Waals surface area contributed by atoms with Crippen LogP contribution < -0.4 is 10.6 Å². The zero-order valence-corrected chi connectivity index (χ0v) is 16.3. The van der Waals surface area contributed by atoms with E-state index < -0.39 is 24.5 Å². The second-order valence-electron chi connectivity index (χ2n) is 6.50. The Morgan fingerprint density at radius 2 is 1.82 bits per heavy atom. The number of hydrogen-bond acceptors (Lipinski definition) is 4. The first-order valence-electron chi connectivity index (χ1n) is 8.95. The van der Waals surface area contributed by atoms with Gasteiger partial charge in [0.1, 0.15) is 5.82 Å². The van der Waals surface area contributed by atoms with E-state index in [1.54, 1.807) is 43.5 Å². The van der Waals surface area contributed by atoms with Crippen molar-refractivity contribution in [3.05, 3.63) is 53.1 Å². The van der Waals surface area contributed by atoms with E-state index in [-0.39, 0.29) is 11.9 Å². The Morgan fingerprint density at radius 1 is 1.18 bits per heavy atom. The Bertz CT molecular complexity index is 874. The first-order chi connectivity index (χ1) is 13.2. The number of imide groups is 1. The number of nitrogens with one attached hydrogen (secondary N) is 2. The molecule has 0 aliphatic rings. The number of rotatable bonds is 6. The van der Waals surface area contributed by atoms with Gasteiger partial charge in [0.05, 0.1) is 5.56 Å². The molecular weight excluding hydrogens is 365 g/mol. The van der Waals surface area contributed by atoms with E-state index in [9.17, 15) is 18.8 Å². The van der Waals surface area contributed by atoms with Crippen molar-refractivity contribution >= 4 is 17.9 Å². The van der Waals surface area contributed by atoms with Crippen LogP contribution in [0.4, 0.5) is 9.18 Å². The third-order valence-electron chi connectivity index (χ3n) is 4.31. The van der Waals surface area contributed by atoms with Gasteiger partial charge in [-0.25, -0.2) is 14.0 Å². The lowest BCUT2D eigenvalue weighted by atomic mass is 10.2. The van der Waals surface area contributed by atoms with Crippen molar-refractivity contribution in [2.75, 3.05) is 6.61 Å². The smallest absolute Gasteiger partial charge is 0.340 e. The summed E-state index contributed by atoms with van der Waals surface area (Å²) >= 11 is 0. The van der Waals surface area contributed by atoms with Crippen LogP contribution in [0.5, 0.6) is 0 Å². The third kappa shape index (κ3) is 5.18.